The number of pyridine rings is 1. The molecule has 0 unspecified atom stereocenters. The number of nitro benzene ring substituents is 1. The lowest BCUT2D eigenvalue weighted by Crippen LogP contribution is -2.04. The smallest absolute Gasteiger partial charge is 0.292 e. The van der Waals surface area contributed by atoms with Crippen LogP contribution in [0.2, 0.25) is 0 Å². The summed E-state index contributed by atoms with van der Waals surface area (Å²) in [5, 5.41) is 13.8. The van der Waals surface area contributed by atoms with Crippen LogP contribution in [-0.2, 0) is 6.61 Å². The lowest BCUT2D eigenvalue weighted by atomic mass is 10.1. The summed E-state index contributed by atoms with van der Waals surface area (Å²) in [6, 6.07) is 6.65. The SMILES string of the molecule is CNc1c(COc2cncc(Br)c2)cccc1[N+](=O)[O-]. The Bertz CT molecular complexity index is 634. The molecule has 1 N–H and O–H groups in total. The molecule has 2 rings (SSSR count). The lowest BCUT2D eigenvalue weighted by Gasteiger charge is -2.11. The van der Waals surface area contributed by atoms with Gasteiger partial charge >= 0.3 is 0 Å². The van der Waals surface area contributed by atoms with E-state index >= 15 is 0 Å². The number of ether oxygens (including phenoxy) is 1. The highest BCUT2D eigenvalue weighted by Crippen LogP contribution is 2.28. The average Bonchev–Trinajstić information content (AvgIpc) is 2.44. The highest BCUT2D eigenvalue weighted by molar-refractivity contribution is 9.10. The molecule has 0 aliphatic carbocycles. The number of aromatic nitrogens is 1. The summed E-state index contributed by atoms with van der Waals surface area (Å²) in [6.07, 6.45) is 3.24. The Balaban J connectivity index is 2.21. The van der Waals surface area contributed by atoms with Crippen molar-refractivity contribution in [1.82, 2.24) is 4.98 Å². The van der Waals surface area contributed by atoms with E-state index in [0.29, 0.717) is 17.0 Å². The van der Waals surface area contributed by atoms with Gasteiger partial charge in [-0.15, -0.1) is 0 Å². The van der Waals surface area contributed by atoms with Crippen molar-refractivity contribution in [2.24, 2.45) is 0 Å². The second kappa shape index (κ2) is 6.33. The second-order valence-electron chi connectivity index (χ2n) is 3.95. The molecule has 1 aromatic heterocycles. The van der Waals surface area contributed by atoms with E-state index in [1.807, 2.05) is 0 Å². The van der Waals surface area contributed by atoms with Crippen molar-refractivity contribution in [3.63, 3.8) is 0 Å². The Morgan fingerprint density at radius 1 is 1.45 bits per heavy atom. The normalized spacial score (nSPS) is 10.1. The van der Waals surface area contributed by atoms with Crippen LogP contribution < -0.4 is 10.1 Å². The van der Waals surface area contributed by atoms with Gasteiger partial charge in [-0.2, -0.15) is 0 Å². The molecule has 0 aliphatic rings. The average molecular weight is 338 g/mol. The minimum Gasteiger partial charge on any atom is -0.487 e. The van der Waals surface area contributed by atoms with Crippen LogP contribution in [-0.4, -0.2) is 17.0 Å². The van der Waals surface area contributed by atoms with Crippen molar-refractivity contribution in [2.45, 2.75) is 6.61 Å². The van der Waals surface area contributed by atoms with Gasteiger partial charge in [0.05, 0.1) is 11.1 Å². The zero-order chi connectivity index (χ0) is 14.5. The monoisotopic (exact) mass is 337 g/mol. The molecule has 2 aromatic rings. The second-order valence-corrected chi connectivity index (χ2v) is 4.86. The molecule has 0 atom stereocenters. The number of halogens is 1. The summed E-state index contributed by atoms with van der Waals surface area (Å²) in [4.78, 5) is 14.5. The van der Waals surface area contributed by atoms with Crippen LogP contribution in [0.5, 0.6) is 5.75 Å². The highest BCUT2D eigenvalue weighted by Gasteiger charge is 2.16. The zero-order valence-corrected chi connectivity index (χ0v) is 12.3. The summed E-state index contributed by atoms with van der Waals surface area (Å²) in [5.74, 6) is 0.591. The molecule has 104 valence electrons. The van der Waals surface area contributed by atoms with Crippen LogP contribution in [0.4, 0.5) is 11.4 Å². The van der Waals surface area contributed by atoms with Crippen molar-refractivity contribution in [3.05, 3.63) is 56.8 Å². The van der Waals surface area contributed by atoms with Crippen LogP contribution >= 0.6 is 15.9 Å². The molecule has 0 fully saturated rings. The molecule has 0 spiro atoms. The first-order valence-electron chi connectivity index (χ1n) is 5.79. The highest BCUT2D eigenvalue weighted by atomic mass is 79.9. The molecule has 7 heteroatoms. The summed E-state index contributed by atoms with van der Waals surface area (Å²) in [6.45, 7) is 0.218. The Kier molecular flexibility index (Phi) is 4.52. The fraction of sp³-hybridized carbons (Fsp3) is 0.154. The lowest BCUT2D eigenvalue weighted by molar-refractivity contribution is -0.384. The third-order valence-corrected chi connectivity index (χ3v) is 3.08. The Hall–Kier alpha value is -2.15. The van der Waals surface area contributed by atoms with Crippen LogP contribution in [0.1, 0.15) is 5.56 Å². The Labute approximate surface area is 124 Å². The van der Waals surface area contributed by atoms with Crippen molar-refractivity contribution in [3.8, 4) is 5.75 Å². The van der Waals surface area contributed by atoms with Crippen molar-refractivity contribution in [1.29, 1.82) is 0 Å². The van der Waals surface area contributed by atoms with E-state index in [4.69, 9.17) is 4.74 Å². The van der Waals surface area contributed by atoms with Gasteiger partial charge in [-0.05, 0) is 22.0 Å². The molecular weight excluding hydrogens is 326 g/mol. The summed E-state index contributed by atoms with van der Waals surface area (Å²) in [5.41, 5.74) is 1.20. The number of rotatable bonds is 5. The van der Waals surface area contributed by atoms with Gasteiger partial charge in [0.2, 0.25) is 0 Å². The molecule has 20 heavy (non-hydrogen) atoms. The first kappa shape index (κ1) is 14.3. The minimum absolute atomic E-state index is 0.0287. The number of nitrogens with one attached hydrogen (secondary N) is 1. The van der Waals surface area contributed by atoms with Gasteiger partial charge in [-0.3, -0.25) is 15.1 Å². The van der Waals surface area contributed by atoms with Gasteiger partial charge in [-0.25, -0.2) is 0 Å². The number of nitrogens with zero attached hydrogens (tertiary/aromatic N) is 2. The van der Waals surface area contributed by atoms with Crippen molar-refractivity contribution >= 4 is 27.3 Å². The predicted molar refractivity (Wildman–Crippen MR) is 78.9 cm³/mol. The van der Waals surface area contributed by atoms with Gasteiger partial charge in [0.25, 0.3) is 5.69 Å². The molecule has 0 saturated carbocycles. The third-order valence-electron chi connectivity index (χ3n) is 2.65. The number of hydrogen-bond acceptors (Lipinski definition) is 5. The molecule has 0 saturated heterocycles. The molecule has 0 amide bonds. The van der Waals surface area contributed by atoms with E-state index in [2.05, 4.69) is 26.2 Å². The summed E-state index contributed by atoms with van der Waals surface area (Å²) < 4.78 is 6.40. The zero-order valence-electron chi connectivity index (χ0n) is 10.7. The van der Waals surface area contributed by atoms with Crippen molar-refractivity contribution < 1.29 is 9.66 Å². The number of anilines is 1. The fourth-order valence-electron chi connectivity index (χ4n) is 1.78. The van der Waals surface area contributed by atoms with E-state index in [-0.39, 0.29) is 12.3 Å². The van der Waals surface area contributed by atoms with Crippen molar-refractivity contribution in [2.75, 3.05) is 12.4 Å². The van der Waals surface area contributed by atoms with E-state index in [9.17, 15) is 10.1 Å². The molecule has 0 radical (unpaired) electrons. The Morgan fingerprint density at radius 3 is 2.90 bits per heavy atom. The van der Waals surface area contributed by atoms with E-state index in [1.165, 1.54) is 6.07 Å². The third kappa shape index (κ3) is 3.24. The van der Waals surface area contributed by atoms with Crippen LogP contribution in [0.25, 0.3) is 0 Å². The van der Waals surface area contributed by atoms with E-state index in [1.54, 1.807) is 37.6 Å². The maximum atomic E-state index is 11.0. The Morgan fingerprint density at radius 2 is 2.25 bits per heavy atom. The number of hydrogen-bond donors (Lipinski definition) is 1. The van der Waals surface area contributed by atoms with Gasteiger partial charge in [-0.1, -0.05) is 12.1 Å². The largest absolute Gasteiger partial charge is 0.487 e. The van der Waals surface area contributed by atoms with Crippen LogP contribution in [0.15, 0.2) is 41.1 Å². The topological polar surface area (TPSA) is 77.3 Å². The van der Waals surface area contributed by atoms with E-state index in [0.717, 1.165) is 4.47 Å². The van der Waals surface area contributed by atoms with E-state index < -0.39 is 4.92 Å². The molecule has 6 nitrogen and oxygen atoms in total. The molecular formula is C13H12BrN3O3. The molecule has 0 bridgehead atoms. The van der Waals surface area contributed by atoms with Gasteiger partial charge in [0.1, 0.15) is 18.0 Å². The molecule has 1 heterocycles. The maximum Gasteiger partial charge on any atom is 0.292 e. The van der Waals surface area contributed by atoms with Gasteiger partial charge in [0, 0.05) is 29.3 Å². The minimum atomic E-state index is -0.421. The van der Waals surface area contributed by atoms with Crippen LogP contribution in [0, 0.1) is 10.1 Å². The maximum absolute atomic E-state index is 11.0. The number of para-hydroxylation sites is 1. The quantitative estimate of drug-likeness (QED) is 0.668. The standard InChI is InChI=1S/C13H12BrN3O3/c1-15-13-9(3-2-4-12(13)17(18)19)8-20-11-5-10(14)6-16-7-11/h2-7,15H,8H2,1H3. The van der Waals surface area contributed by atoms with Gasteiger partial charge < -0.3 is 10.1 Å². The summed E-state index contributed by atoms with van der Waals surface area (Å²) in [7, 11) is 1.65. The van der Waals surface area contributed by atoms with Crippen LogP contribution in [0.3, 0.4) is 0 Å². The fourth-order valence-corrected chi connectivity index (χ4v) is 2.12. The summed E-state index contributed by atoms with van der Waals surface area (Å²) >= 11 is 3.30. The first-order valence-corrected chi connectivity index (χ1v) is 6.58. The first-order chi connectivity index (χ1) is 9.61. The van der Waals surface area contributed by atoms with Gasteiger partial charge in [0.15, 0.2) is 0 Å². The molecule has 0 aliphatic heterocycles. The number of benzene rings is 1. The number of nitro groups is 1. The molecule has 1 aromatic carbocycles. The predicted octanol–water partition coefficient (Wildman–Crippen LogP) is 3.37.